The fourth-order valence-corrected chi connectivity index (χ4v) is 6.12. The van der Waals surface area contributed by atoms with Gasteiger partial charge in [-0.05, 0) is 55.7 Å². The molecule has 0 bridgehead atoms. The van der Waals surface area contributed by atoms with Gasteiger partial charge in [0, 0.05) is 6.04 Å². The van der Waals surface area contributed by atoms with Crippen LogP contribution in [0.1, 0.15) is 42.6 Å². The fourth-order valence-electron chi connectivity index (χ4n) is 3.76. The second-order valence-electron chi connectivity index (χ2n) is 7.78. The Morgan fingerprint density at radius 1 is 0.935 bits per heavy atom. The minimum Gasteiger partial charge on any atom is -0.296 e. The molecule has 31 heavy (non-hydrogen) atoms. The Labute approximate surface area is 186 Å². The van der Waals surface area contributed by atoms with Crippen molar-refractivity contribution in [2.75, 3.05) is 0 Å². The molecule has 1 heterocycles. The van der Waals surface area contributed by atoms with Crippen molar-refractivity contribution < 1.29 is 8.42 Å². The standard InChI is InChI=1S/C24H24N2O3S2/c1-16(2)26-21-14-13-19(15-22(21)30-24(26)27)31(28,29)25-23(18-10-5-4-6-11-18)20-12-8-7-9-17(20)3/h4-16,23,25H,1-3H3/t23-/m1/s1. The summed E-state index contributed by atoms with van der Waals surface area (Å²) in [7, 11) is -3.84. The zero-order valence-corrected chi connectivity index (χ0v) is 19.2. The SMILES string of the molecule is Cc1ccccc1[C@H](NS(=O)(=O)c1ccc2c(c1)sc(=O)n2C(C)C)c1ccccc1. The van der Waals surface area contributed by atoms with Crippen LogP contribution in [-0.2, 0) is 10.0 Å². The van der Waals surface area contributed by atoms with Crippen molar-refractivity contribution >= 4 is 31.6 Å². The molecule has 0 amide bonds. The van der Waals surface area contributed by atoms with E-state index in [2.05, 4.69) is 4.72 Å². The predicted octanol–water partition coefficient (Wildman–Crippen LogP) is 5.02. The van der Waals surface area contributed by atoms with Gasteiger partial charge in [-0.25, -0.2) is 8.42 Å². The van der Waals surface area contributed by atoms with Crippen LogP contribution >= 0.6 is 11.3 Å². The predicted molar refractivity (Wildman–Crippen MR) is 126 cm³/mol. The highest BCUT2D eigenvalue weighted by Gasteiger charge is 2.25. The van der Waals surface area contributed by atoms with E-state index in [-0.39, 0.29) is 15.8 Å². The lowest BCUT2D eigenvalue weighted by atomic mass is 9.96. The van der Waals surface area contributed by atoms with Crippen LogP contribution in [0, 0.1) is 6.92 Å². The summed E-state index contributed by atoms with van der Waals surface area (Å²) in [6, 6.07) is 21.6. The first kappa shape index (κ1) is 21.5. The van der Waals surface area contributed by atoms with E-state index in [1.165, 1.54) is 0 Å². The van der Waals surface area contributed by atoms with Gasteiger partial charge in [0.1, 0.15) is 0 Å². The van der Waals surface area contributed by atoms with E-state index in [1.54, 1.807) is 22.8 Å². The molecule has 0 aliphatic carbocycles. The molecule has 5 nitrogen and oxygen atoms in total. The quantitative estimate of drug-likeness (QED) is 0.447. The molecule has 1 aromatic heterocycles. The zero-order valence-electron chi connectivity index (χ0n) is 17.6. The molecule has 0 aliphatic rings. The van der Waals surface area contributed by atoms with E-state index >= 15 is 0 Å². The highest BCUT2D eigenvalue weighted by atomic mass is 32.2. The van der Waals surface area contributed by atoms with Crippen LogP contribution in [0.3, 0.4) is 0 Å². The summed E-state index contributed by atoms with van der Waals surface area (Å²) in [6.07, 6.45) is 0. The first-order valence-electron chi connectivity index (χ1n) is 10.1. The van der Waals surface area contributed by atoms with E-state index in [0.717, 1.165) is 33.5 Å². The van der Waals surface area contributed by atoms with Gasteiger partial charge in [-0.1, -0.05) is 65.9 Å². The number of aromatic nitrogens is 1. The van der Waals surface area contributed by atoms with Gasteiger partial charge < -0.3 is 0 Å². The Hall–Kier alpha value is -2.74. The summed E-state index contributed by atoms with van der Waals surface area (Å²) in [5, 5.41) is 0. The smallest absolute Gasteiger partial charge is 0.296 e. The number of benzene rings is 3. The maximum Gasteiger partial charge on any atom is 0.308 e. The average Bonchev–Trinajstić information content (AvgIpc) is 3.08. The monoisotopic (exact) mass is 452 g/mol. The van der Waals surface area contributed by atoms with Crippen LogP contribution in [0.4, 0.5) is 0 Å². The number of hydrogen-bond acceptors (Lipinski definition) is 4. The van der Waals surface area contributed by atoms with Crippen molar-refractivity contribution in [1.82, 2.24) is 9.29 Å². The van der Waals surface area contributed by atoms with Crippen molar-refractivity contribution in [2.24, 2.45) is 0 Å². The van der Waals surface area contributed by atoms with E-state index in [0.29, 0.717) is 4.70 Å². The van der Waals surface area contributed by atoms with Gasteiger partial charge in [0.2, 0.25) is 10.0 Å². The molecule has 0 spiro atoms. The lowest BCUT2D eigenvalue weighted by molar-refractivity contribution is 0.572. The number of nitrogens with zero attached hydrogens (tertiary/aromatic N) is 1. The Balaban J connectivity index is 1.78. The van der Waals surface area contributed by atoms with E-state index in [1.807, 2.05) is 75.4 Å². The number of rotatable bonds is 6. The minimum atomic E-state index is -3.84. The van der Waals surface area contributed by atoms with Gasteiger partial charge in [0.25, 0.3) is 0 Å². The Bertz CT molecular complexity index is 1390. The topological polar surface area (TPSA) is 68.2 Å². The molecule has 3 aromatic carbocycles. The zero-order chi connectivity index (χ0) is 22.2. The summed E-state index contributed by atoms with van der Waals surface area (Å²) in [6.45, 7) is 5.84. The maximum atomic E-state index is 13.4. The molecule has 1 N–H and O–H groups in total. The number of aryl methyl sites for hydroxylation is 1. The molecule has 0 saturated carbocycles. The van der Waals surface area contributed by atoms with Crippen molar-refractivity contribution in [3.63, 3.8) is 0 Å². The summed E-state index contributed by atoms with van der Waals surface area (Å²) in [5.41, 5.74) is 3.51. The molecular weight excluding hydrogens is 428 g/mol. The highest BCUT2D eigenvalue weighted by molar-refractivity contribution is 7.89. The van der Waals surface area contributed by atoms with Gasteiger partial charge in [0.15, 0.2) is 0 Å². The number of nitrogens with one attached hydrogen (secondary N) is 1. The van der Waals surface area contributed by atoms with Crippen LogP contribution in [0.15, 0.2) is 82.5 Å². The van der Waals surface area contributed by atoms with Crippen molar-refractivity contribution in [3.8, 4) is 0 Å². The molecule has 1 atom stereocenters. The van der Waals surface area contributed by atoms with Crippen molar-refractivity contribution in [3.05, 3.63) is 99.2 Å². The van der Waals surface area contributed by atoms with Crippen LogP contribution in [0.25, 0.3) is 10.2 Å². The highest BCUT2D eigenvalue weighted by Crippen LogP contribution is 2.29. The summed E-state index contributed by atoms with van der Waals surface area (Å²) < 4.78 is 32.0. The van der Waals surface area contributed by atoms with Crippen LogP contribution in [0.5, 0.6) is 0 Å². The number of thiazole rings is 1. The minimum absolute atomic E-state index is 0.00495. The number of hydrogen-bond donors (Lipinski definition) is 1. The van der Waals surface area contributed by atoms with Gasteiger partial charge in [-0.2, -0.15) is 4.72 Å². The molecule has 0 saturated heterocycles. The summed E-state index contributed by atoms with van der Waals surface area (Å²) in [5.74, 6) is 0. The first-order valence-corrected chi connectivity index (χ1v) is 12.4. The molecular formula is C24H24N2O3S2. The van der Waals surface area contributed by atoms with Crippen molar-refractivity contribution in [2.45, 2.75) is 37.8 Å². The summed E-state index contributed by atoms with van der Waals surface area (Å²) >= 11 is 1.07. The molecule has 0 fully saturated rings. The molecule has 4 aromatic rings. The molecule has 160 valence electrons. The Morgan fingerprint density at radius 2 is 1.61 bits per heavy atom. The number of fused-ring (bicyclic) bond motifs is 1. The fraction of sp³-hybridized carbons (Fsp3) is 0.208. The Kier molecular flexibility index (Phi) is 5.83. The molecule has 0 unspecified atom stereocenters. The molecule has 0 radical (unpaired) electrons. The van der Waals surface area contributed by atoms with Crippen LogP contribution in [-0.4, -0.2) is 13.0 Å². The third-order valence-corrected chi connectivity index (χ3v) is 7.66. The molecule has 0 aliphatic heterocycles. The van der Waals surface area contributed by atoms with E-state index in [4.69, 9.17) is 0 Å². The van der Waals surface area contributed by atoms with Gasteiger partial charge in [-0.15, -0.1) is 0 Å². The normalized spacial score (nSPS) is 13.0. The second-order valence-corrected chi connectivity index (χ2v) is 10.5. The van der Waals surface area contributed by atoms with Gasteiger partial charge in [0.05, 0.1) is 21.2 Å². The maximum absolute atomic E-state index is 13.4. The largest absolute Gasteiger partial charge is 0.308 e. The first-order chi connectivity index (χ1) is 14.8. The third-order valence-electron chi connectivity index (χ3n) is 5.32. The lowest BCUT2D eigenvalue weighted by Gasteiger charge is -2.21. The van der Waals surface area contributed by atoms with Crippen LogP contribution < -0.4 is 9.60 Å². The van der Waals surface area contributed by atoms with E-state index in [9.17, 15) is 13.2 Å². The molecule has 7 heteroatoms. The van der Waals surface area contributed by atoms with E-state index < -0.39 is 16.1 Å². The summed E-state index contributed by atoms with van der Waals surface area (Å²) in [4.78, 5) is 12.4. The van der Waals surface area contributed by atoms with Gasteiger partial charge in [-0.3, -0.25) is 9.36 Å². The van der Waals surface area contributed by atoms with Gasteiger partial charge >= 0.3 is 4.87 Å². The second kappa shape index (κ2) is 8.42. The lowest BCUT2D eigenvalue weighted by Crippen LogP contribution is -2.30. The average molecular weight is 453 g/mol. The van der Waals surface area contributed by atoms with Crippen LogP contribution in [0.2, 0.25) is 0 Å². The van der Waals surface area contributed by atoms with Crippen molar-refractivity contribution in [1.29, 1.82) is 0 Å². The Morgan fingerprint density at radius 3 is 2.29 bits per heavy atom. The number of sulfonamides is 1. The molecule has 4 rings (SSSR count). The third kappa shape index (κ3) is 4.21.